The van der Waals surface area contributed by atoms with E-state index in [0.717, 1.165) is 42.1 Å². The van der Waals surface area contributed by atoms with Crippen LogP contribution in [0.4, 0.5) is 5.82 Å². The Labute approximate surface area is 172 Å². The van der Waals surface area contributed by atoms with Crippen LogP contribution in [0.3, 0.4) is 0 Å². The van der Waals surface area contributed by atoms with Crippen LogP contribution in [0, 0.1) is 16.7 Å². The van der Waals surface area contributed by atoms with E-state index in [9.17, 15) is 5.26 Å². The van der Waals surface area contributed by atoms with Gasteiger partial charge in [-0.2, -0.15) is 5.26 Å². The number of nitrogens with one attached hydrogen (secondary N) is 2. The fourth-order valence-electron chi connectivity index (χ4n) is 2.86. The number of hydrogen-bond acceptors (Lipinski definition) is 6. The summed E-state index contributed by atoms with van der Waals surface area (Å²) < 4.78 is 0. The number of benzene rings is 1. The fraction of sp³-hybridized carbons (Fsp3) is 0.304. The Morgan fingerprint density at radius 1 is 1.03 bits per heavy atom. The van der Waals surface area contributed by atoms with Gasteiger partial charge in [0.2, 0.25) is 0 Å². The number of nitrogens with zero attached hydrogens (tertiary/aromatic N) is 4. The summed E-state index contributed by atoms with van der Waals surface area (Å²) in [6.45, 7) is 9.12. The molecule has 0 fully saturated rings. The first-order valence-corrected chi connectivity index (χ1v) is 9.69. The summed E-state index contributed by atoms with van der Waals surface area (Å²) in [5, 5.41) is 16.1. The minimum atomic E-state index is 0.242. The summed E-state index contributed by atoms with van der Waals surface area (Å²) in [5.74, 6) is 1.39. The third kappa shape index (κ3) is 5.84. The fourth-order valence-corrected chi connectivity index (χ4v) is 2.86. The molecule has 0 aliphatic carbocycles. The van der Waals surface area contributed by atoms with Crippen molar-refractivity contribution in [1.82, 2.24) is 20.3 Å². The molecule has 2 N–H and O–H groups in total. The van der Waals surface area contributed by atoms with E-state index in [-0.39, 0.29) is 5.41 Å². The second kappa shape index (κ2) is 9.26. The largest absolute Gasteiger partial charge is 0.368 e. The Hall–Kier alpha value is -3.30. The zero-order chi connectivity index (χ0) is 20.7. The summed E-state index contributed by atoms with van der Waals surface area (Å²) in [7, 11) is 0. The maximum atomic E-state index is 9.23. The standard InChI is InChI=1S/C23H26N6/c1-23(2,3)16-26-11-12-27-22-20(19-6-4-5-17(13-19)14-24)15-28-21(29-22)18-7-9-25-10-8-18/h4-10,13,15,26H,11-12,16H2,1-3H3,(H,27,28,29). The number of pyridine rings is 1. The molecule has 0 radical (unpaired) electrons. The number of aromatic nitrogens is 3. The van der Waals surface area contributed by atoms with Crippen LogP contribution in [-0.2, 0) is 0 Å². The zero-order valence-corrected chi connectivity index (χ0v) is 17.1. The quantitative estimate of drug-likeness (QED) is 0.594. The van der Waals surface area contributed by atoms with Crippen molar-refractivity contribution in [2.24, 2.45) is 5.41 Å². The molecular formula is C23H26N6. The molecule has 0 amide bonds. The lowest BCUT2D eigenvalue weighted by atomic mass is 9.97. The van der Waals surface area contributed by atoms with Crippen LogP contribution in [0.25, 0.3) is 22.5 Å². The van der Waals surface area contributed by atoms with Gasteiger partial charge in [0.05, 0.1) is 11.6 Å². The molecular weight excluding hydrogens is 360 g/mol. The van der Waals surface area contributed by atoms with Crippen molar-refractivity contribution >= 4 is 5.82 Å². The summed E-state index contributed by atoms with van der Waals surface area (Å²) in [5.41, 5.74) is 3.54. The lowest BCUT2D eigenvalue weighted by molar-refractivity contribution is 0.384. The molecule has 3 rings (SSSR count). The molecule has 148 valence electrons. The van der Waals surface area contributed by atoms with Gasteiger partial charge in [-0.1, -0.05) is 32.9 Å². The minimum absolute atomic E-state index is 0.242. The third-order valence-electron chi connectivity index (χ3n) is 4.28. The lowest BCUT2D eigenvalue weighted by Gasteiger charge is -2.19. The van der Waals surface area contributed by atoms with Crippen LogP contribution < -0.4 is 10.6 Å². The Morgan fingerprint density at radius 2 is 1.83 bits per heavy atom. The molecule has 3 aromatic rings. The first-order chi connectivity index (χ1) is 14.0. The number of nitriles is 1. The highest BCUT2D eigenvalue weighted by Crippen LogP contribution is 2.28. The summed E-state index contributed by atoms with van der Waals surface area (Å²) in [4.78, 5) is 13.4. The lowest BCUT2D eigenvalue weighted by Crippen LogP contribution is -2.30. The molecule has 0 atom stereocenters. The Kier molecular flexibility index (Phi) is 6.53. The molecule has 0 bridgehead atoms. The van der Waals surface area contributed by atoms with E-state index < -0.39 is 0 Å². The molecule has 0 saturated heterocycles. The Bertz CT molecular complexity index is 986. The maximum absolute atomic E-state index is 9.23. The average Bonchev–Trinajstić information content (AvgIpc) is 2.73. The summed E-state index contributed by atoms with van der Waals surface area (Å²) in [6, 6.07) is 13.5. The van der Waals surface area contributed by atoms with Crippen LogP contribution in [0.2, 0.25) is 0 Å². The van der Waals surface area contributed by atoms with Gasteiger partial charge in [0, 0.05) is 49.4 Å². The van der Waals surface area contributed by atoms with Gasteiger partial charge in [0.25, 0.3) is 0 Å². The molecule has 0 unspecified atom stereocenters. The normalized spacial score (nSPS) is 11.1. The van der Waals surface area contributed by atoms with Crippen molar-refractivity contribution in [2.45, 2.75) is 20.8 Å². The van der Waals surface area contributed by atoms with E-state index in [4.69, 9.17) is 4.98 Å². The molecule has 0 aliphatic heterocycles. The highest BCUT2D eigenvalue weighted by Gasteiger charge is 2.12. The molecule has 6 nitrogen and oxygen atoms in total. The molecule has 0 saturated carbocycles. The summed E-state index contributed by atoms with van der Waals surface area (Å²) in [6.07, 6.45) is 5.27. The highest BCUT2D eigenvalue weighted by atomic mass is 15.0. The van der Waals surface area contributed by atoms with Crippen LogP contribution in [0.1, 0.15) is 26.3 Å². The smallest absolute Gasteiger partial charge is 0.161 e. The van der Waals surface area contributed by atoms with E-state index in [0.29, 0.717) is 11.4 Å². The first-order valence-electron chi connectivity index (χ1n) is 9.69. The Balaban J connectivity index is 1.85. The minimum Gasteiger partial charge on any atom is -0.368 e. The average molecular weight is 387 g/mol. The molecule has 0 aliphatic rings. The van der Waals surface area contributed by atoms with Crippen molar-refractivity contribution in [1.29, 1.82) is 5.26 Å². The van der Waals surface area contributed by atoms with Crippen LogP contribution in [0.5, 0.6) is 0 Å². The second-order valence-electron chi connectivity index (χ2n) is 8.05. The van der Waals surface area contributed by atoms with Gasteiger partial charge < -0.3 is 10.6 Å². The van der Waals surface area contributed by atoms with Gasteiger partial charge in [-0.15, -0.1) is 0 Å². The molecule has 29 heavy (non-hydrogen) atoms. The predicted octanol–water partition coefficient (Wildman–Crippen LogP) is 4.12. The Morgan fingerprint density at radius 3 is 2.55 bits per heavy atom. The predicted molar refractivity (Wildman–Crippen MR) is 116 cm³/mol. The van der Waals surface area contributed by atoms with E-state index in [1.807, 2.05) is 36.5 Å². The number of anilines is 1. The monoisotopic (exact) mass is 386 g/mol. The van der Waals surface area contributed by atoms with Crippen LogP contribution >= 0.6 is 0 Å². The van der Waals surface area contributed by atoms with Gasteiger partial charge >= 0.3 is 0 Å². The molecule has 0 spiro atoms. The van der Waals surface area contributed by atoms with Gasteiger partial charge in [0.1, 0.15) is 5.82 Å². The number of rotatable bonds is 7. The van der Waals surface area contributed by atoms with Crippen molar-refractivity contribution in [3.8, 4) is 28.6 Å². The topological polar surface area (TPSA) is 86.5 Å². The van der Waals surface area contributed by atoms with E-state index >= 15 is 0 Å². The first kappa shape index (κ1) is 20.4. The van der Waals surface area contributed by atoms with Gasteiger partial charge in [-0.3, -0.25) is 4.98 Å². The second-order valence-corrected chi connectivity index (χ2v) is 8.05. The zero-order valence-electron chi connectivity index (χ0n) is 17.1. The van der Waals surface area contributed by atoms with Crippen LogP contribution in [0.15, 0.2) is 55.0 Å². The van der Waals surface area contributed by atoms with Crippen molar-refractivity contribution < 1.29 is 0 Å². The van der Waals surface area contributed by atoms with Gasteiger partial charge in [-0.05, 0) is 35.2 Å². The molecule has 2 aromatic heterocycles. The van der Waals surface area contributed by atoms with E-state index in [1.165, 1.54) is 0 Å². The maximum Gasteiger partial charge on any atom is 0.161 e. The number of hydrogen-bond donors (Lipinski definition) is 2. The SMILES string of the molecule is CC(C)(C)CNCCNc1nc(-c2ccncc2)ncc1-c1cccc(C#N)c1. The van der Waals surface area contributed by atoms with Crippen LogP contribution in [-0.4, -0.2) is 34.6 Å². The van der Waals surface area contributed by atoms with Crippen molar-refractivity contribution in [3.63, 3.8) is 0 Å². The van der Waals surface area contributed by atoms with Crippen molar-refractivity contribution in [3.05, 3.63) is 60.6 Å². The highest BCUT2D eigenvalue weighted by molar-refractivity contribution is 5.76. The van der Waals surface area contributed by atoms with Gasteiger partial charge in [-0.25, -0.2) is 9.97 Å². The van der Waals surface area contributed by atoms with Crippen molar-refractivity contribution in [2.75, 3.05) is 25.0 Å². The molecule has 6 heteroatoms. The summed E-state index contributed by atoms with van der Waals surface area (Å²) >= 11 is 0. The van der Waals surface area contributed by atoms with E-state index in [1.54, 1.807) is 18.5 Å². The molecule has 1 aromatic carbocycles. The molecule has 2 heterocycles. The van der Waals surface area contributed by atoms with Gasteiger partial charge in [0.15, 0.2) is 5.82 Å². The van der Waals surface area contributed by atoms with E-state index in [2.05, 4.69) is 47.4 Å². The third-order valence-corrected chi connectivity index (χ3v) is 4.28.